The van der Waals surface area contributed by atoms with Crippen LogP contribution in [0.15, 0.2) is 29.6 Å². The molecule has 0 amide bonds. The minimum absolute atomic E-state index is 0.0806. The molecule has 0 aliphatic heterocycles. The summed E-state index contributed by atoms with van der Waals surface area (Å²) in [6.45, 7) is 8.74. The molecule has 1 N–H and O–H groups in total. The van der Waals surface area contributed by atoms with Gasteiger partial charge in [-0.3, -0.25) is 9.36 Å². The molecule has 0 saturated heterocycles. The Bertz CT molecular complexity index is 645. The monoisotopic (exact) mass is 244 g/mol. The van der Waals surface area contributed by atoms with Gasteiger partial charge in [-0.15, -0.1) is 6.58 Å². The van der Waals surface area contributed by atoms with E-state index in [2.05, 4.69) is 21.9 Å². The maximum atomic E-state index is 11.8. The van der Waals surface area contributed by atoms with Gasteiger partial charge in [-0.1, -0.05) is 6.08 Å². The van der Waals surface area contributed by atoms with Crippen molar-refractivity contribution < 1.29 is 0 Å². The van der Waals surface area contributed by atoms with E-state index in [-0.39, 0.29) is 5.56 Å². The number of anilines is 1. The van der Waals surface area contributed by atoms with Crippen molar-refractivity contribution in [3.8, 4) is 0 Å². The van der Waals surface area contributed by atoms with Crippen molar-refractivity contribution in [3.63, 3.8) is 0 Å². The van der Waals surface area contributed by atoms with Gasteiger partial charge in [0.25, 0.3) is 5.56 Å². The summed E-state index contributed by atoms with van der Waals surface area (Å²) >= 11 is 0. The first-order valence-corrected chi connectivity index (χ1v) is 5.90. The van der Waals surface area contributed by atoms with Crippen molar-refractivity contribution >= 4 is 17.0 Å². The molecule has 0 saturated carbocycles. The van der Waals surface area contributed by atoms with E-state index in [1.54, 1.807) is 16.7 Å². The highest BCUT2D eigenvalue weighted by atomic mass is 16.1. The molecule has 2 rings (SSSR count). The number of hydrogen-bond acceptors (Lipinski definition) is 4. The van der Waals surface area contributed by atoms with Crippen molar-refractivity contribution in [2.75, 3.05) is 11.9 Å². The lowest BCUT2D eigenvalue weighted by Gasteiger charge is -2.10. The molecule has 2 heterocycles. The molecule has 0 aliphatic rings. The molecular weight excluding hydrogens is 228 g/mol. The summed E-state index contributed by atoms with van der Waals surface area (Å²) in [5.74, 6) is 0.547. The van der Waals surface area contributed by atoms with Crippen LogP contribution in [0.1, 0.15) is 12.6 Å². The molecule has 5 heteroatoms. The second kappa shape index (κ2) is 5.00. The number of aromatic nitrogens is 3. The fourth-order valence-electron chi connectivity index (χ4n) is 1.86. The molecule has 0 unspecified atom stereocenters. The predicted octanol–water partition coefficient (Wildman–Crippen LogP) is 1.72. The Balaban J connectivity index is 2.76. The van der Waals surface area contributed by atoms with E-state index in [1.807, 2.05) is 13.8 Å². The Labute approximate surface area is 105 Å². The SMILES string of the molecule is C=CCn1c(=O)ccc2c(C)nc(NCC)nc21. The van der Waals surface area contributed by atoms with E-state index in [0.29, 0.717) is 18.1 Å². The third-order valence-corrected chi connectivity index (χ3v) is 2.68. The van der Waals surface area contributed by atoms with Crippen molar-refractivity contribution in [2.45, 2.75) is 20.4 Å². The maximum Gasteiger partial charge on any atom is 0.252 e. The summed E-state index contributed by atoms with van der Waals surface area (Å²) in [6.07, 6.45) is 1.69. The third kappa shape index (κ3) is 2.11. The van der Waals surface area contributed by atoms with Gasteiger partial charge in [0, 0.05) is 24.5 Å². The molecular formula is C13H16N4O. The van der Waals surface area contributed by atoms with E-state index in [0.717, 1.165) is 17.6 Å². The number of aryl methyl sites for hydroxylation is 1. The van der Waals surface area contributed by atoms with E-state index < -0.39 is 0 Å². The topological polar surface area (TPSA) is 59.8 Å². The smallest absolute Gasteiger partial charge is 0.252 e. The minimum Gasteiger partial charge on any atom is -0.354 e. The van der Waals surface area contributed by atoms with Crippen LogP contribution in [0, 0.1) is 6.92 Å². The number of nitrogens with zero attached hydrogens (tertiary/aromatic N) is 3. The number of allylic oxidation sites excluding steroid dienone is 1. The van der Waals surface area contributed by atoms with Gasteiger partial charge in [0.2, 0.25) is 5.95 Å². The first kappa shape index (κ1) is 12.3. The summed E-state index contributed by atoms with van der Waals surface area (Å²) in [6, 6.07) is 3.30. The second-order valence-corrected chi connectivity index (χ2v) is 3.97. The van der Waals surface area contributed by atoms with Crippen LogP contribution in [0.2, 0.25) is 0 Å². The quantitative estimate of drug-likeness (QED) is 0.832. The van der Waals surface area contributed by atoms with Gasteiger partial charge in [0.05, 0.1) is 5.69 Å². The van der Waals surface area contributed by atoms with Crippen LogP contribution in [-0.2, 0) is 6.54 Å². The zero-order chi connectivity index (χ0) is 13.1. The summed E-state index contributed by atoms with van der Waals surface area (Å²) < 4.78 is 1.60. The molecule has 0 atom stereocenters. The molecule has 2 aromatic heterocycles. The van der Waals surface area contributed by atoms with Crippen molar-refractivity contribution in [3.05, 3.63) is 40.8 Å². The lowest BCUT2D eigenvalue weighted by Crippen LogP contribution is -2.20. The average molecular weight is 244 g/mol. The summed E-state index contributed by atoms with van der Waals surface area (Å²) in [5.41, 5.74) is 1.42. The van der Waals surface area contributed by atoms with Crippen molar-refractivity contribution in [1.82, 2.24) is 14.5 Å². The highest BCUT2D eigenvalue weighted by molar-refractivity contribution is 5.78. The highest BCUT2D eigenvalue weighted by Crippen LogP contribution is 2.15. The maximum absolute atomic E-state index is 11.8. The molecule has 18 heavy (non-hydrogen) atoms. The molecule has 0 radical (unpaired) electrons. The zero-order valence-corrected chi connectivity index (χ0v) is 10.6. The molecule has 0 spiro atoms. The van der Waals surface area contributed by atoms with E-state index in [4.69, 9.17) is 0 Å². The number of fused-ring (bicyclic) bond motifs is 1. The Hall–Kier alpha value is -2.17. The number of hydrogen-bond donors (Lipinski definition) is 1. The van der Waals surface area contributed by atoms with Gasteiger partial charge in [-0.05, 0) is 19.9 Å². The van der Waals surface area contributed by atoms with Gasteiger partial charge in [-0.2, -0.15) is 4.98 Å². The van der Waals surface area contributed by atoms with Gasteiger partial charge < -0.3 is 5.32 Å². The molecule has 5 nitrogen and oxygen atoms in total. The van der Waals surface area contributed by atoms with Crippen LogP contribution in [0.5, 0.6) is 0 Å². The first-order valence-electron chi connectivity index (χ1n) is 5.90. The molecule has 0 aliphatic carbocycles. The molecule has 0 bridgehead atoms. The van der Waals surface area contributed by atoms with Gasteiger partial charge in [-0.25, -0.2) is 4.98 Å². The van der Waals surface area contributed by atoms with Crippen LogP contribution < -0.4 is 10.9 Å². The molecule has 2 aromatic rings. The Kier molecular flexibility index (Phi) is 3.41. The van der Waals surface area contributed by atoms with Crippen LogP contribution in [0.25, 0.3) is 11.0 Å². The summed E-state index contributed by atoms with van der Waals surface area (Å²) in [4.78, 5) is 20.6. The Morgan fingerprint density at radius 2 is 2.22 bits per heavy atom. The highest BCUT2D eigenvalue weighted by Gasteiger charge is 2.08. The largest absolute Gasteiger partial charge is 0.354 e. The van der Waals surface area contributed by atoms with E-state index >= 15 is 0 Å². The number of pyridine rings is 1. The third-order valence-electron chi connectivity index (χ3n) is 2.68. The lowest BCUT2D eigenvalue weighted by atomic mass is 10.2. The lowest BCUT2D eigenvalue weighted by molar-refractivity contribution is 0.802. The van der Waals surface area contributed by atoms with E-state index in [1.165, 1.54) is 6.07 Å². The minimum atomic E-state index is -0.0806. The normalized spacial score (nSPS) is 10.6. The number of nitrogens with one attached hydrogen (secondary N) is 1. The van der Waals surface area contributed by atoms with E-state index in [9.17, 15) is 4.79 Å². The standard InChI is InChI=1S/C13H16N4O/c1-4-8-17-11(18)7-6-10-9(3)15-13(14-5-2)16-12(10)17/h4,6-7H,1,5,8H2,2-3H3,(H,14,15,16). The zero-order valence-electron chi connectivity index (χ0n) is 10.6. The van der Waals surface area contributed by atoms with Gasteiger partial charge in [0.15, 0.2) is 0 Å². The van der Waals surface area contributed by atoms with Crippen LogP contribution in [0.3, 0.4) is 0 Å². The van der Waals surface area contributed by atoms with Crippen LogP contribution in [-0.4, -0.2) is 21.1 Å². The molecule has 0 aromatic carbocycles. The average Bonchev–Trinajstić information content (AvgIpc) is 2.33. The second-order valence-electron chi connectivity index (χ2n) is 3.97. The molecule has 0 fully saturated rings. The fourth-order valence-corrected chi connectivity index (χ4v) is 1.86. The Morgan fingerprint density at radius 1 is 1.44 bits per heavy atom. The fraction of sp³-hybridized carbons (Fsp3) is 0.308. The summed E-state index contributed by atoms with van der Waals surface area (Å²) in [7, 11) is 0. The summed E-state index contributed by atoms with van der Waals surface area (Å²) in [5, 5.41) is 3.95. The van der Waals surface area contributed by atoms with Crippen molar-refractivity contribution in [1.29, 1.82) is 0 Å². The predicted molar refractivity (Wildman–Crippen MR) is 72.9 cm³/mol. The molecule has 94 valence electrons. The first-order chi connectivity index (χ1) is 8.67. The van der Waals surface area contributed by atoms with Crippen molar-refractivity contribution in [2.24, 2.45) is 0 Å². The Morgan fingerprint density at radius 3 is 2.89 bits per heavy atom. The van der Waals surface area contributed by atoms with Gasteiger partial charge >= 0.3 is 0 Å². The van der Waals surface area contributed by atoms with Gasteiger partial charge in [0.1, 0.15) is 5.65 Å². The van der Waals surface area contributed by atoms with Crippen LogP contribution >= 0.6 is 0 Å². The van der Waals surface area contributed by atoms with Crippen LogP contribution in [0.4, 0.5) is 5.95 Å². The number of rotatable bonds is 4.